The molecule has 5 nitrogen and oxygen atoms in total. The molecular formula is C27H50N4OS. The first-order chi connectivity index (χ1) is 15.7. The van der Waals surface area contributed by atoms with E-state index in [2.05, 4.69) is 53.6 Å². The Bertz CT molecular complexity index is 655. The number of thioether (sulfide) groups is 1. The van der Waals surface area contributed by atoms with E-state index < -0.39 is 0 Å². The summed E-state index contributed by atoms with van der Waals surface area (Å²) in [4.78, 5) is 22.7. The zero-order chi connectivity index (χ0) is 23.6. The molecule has 6 heteroatoms. The molecule has 4 aliphatic rings. The molecule has 2 unspecified atom stereocenters. The van der Waals surface area contributed by atoms with E-state index in [1.165, 1.54) is 84.2 Å². The van der Waals surface area contributed by atoms with Gasteiger partial charge in [0, 0.05) is 37.6 Å². The summed E-state index contributed by atoms with van der Waals surface area (Å²) in [6.45, 7) is 18.2. The highest BCUT2D eigenvalue weighted by Crippen LogP contribution is 2.43. The maximum absolute atomic E-state index is 12.4. The first-order valence-corrected chi connectivity index (χ1v) is 15.1. The first-order valence-electron chi connectivity index (χ1n) is 13.7. The summed E-state index contributed by atoms with van der Waals surface area (Å²) in [7, 11) is 0. The molecule has 4 fully saturated rings. The fraction of sp³-hybridized carbons (Fsp3) is 0.963. The van der Waals surface area contributed by atoms with E-state index in [0.29, 0.717) is 29.4 Å². The maximum Gasteiger partial charge on any atom is 0.223 e. The summed E-state index contributed by atoms with van der Waals surface area (Å²) in [6, 6.07) is 2.07. The number of carbonyl (C=O) groups is 1. The van der Waals surface area contributed by atoms with Crippen molar-refractivity contribution >= 4 is 17.7 Å². The topological polar surface area (TPSA) is 30.0 Å². The van der Waals surface area contributed by atoms with Crippen LogP contribution in [0.3, 0.4) is 0 Å². The van der Waals surface area contributed by atoms with Gasteiger partial charge in [-0.05, 0) is 122 Å². The van der Waals surface area contributed by atoms with Crippen molar-refractivity contribution in [3.05, 3.63) is 0 Å². The van der Waals surface area contributed by atoms with Crippen LogP contribution in [0.25, 0.3) is 0 Å². The minimum absolute atomic E-state index is 0.269. The van der Waals surface area contributed by atoms with Crippen molar-refractivity contribution in [1.29, 1.82) is 0 Å². The van der Waals surface area contributed by atoms with Crippen molar-refractivity contribution in [3.63, 3.8) is 0 Å². The first kappa shape index (κ1) is 25.8. The SMILES string of the molecule is CSCN1CC2(CCN(C(C)CCC(C)N3CCC4(CCN(C(C)C)C4)CC3)CC2)CC1=O. The number of hydrogen-bond donors (Lipinski definition) is 0. The lowest BCUT2D eigenvalue weighted by Crippen LogP contribution is -2.47. The minimum Gasteiger partial charge on any atom is -0.333 e. The Morgan fingerprint density at radius 3 is 1.70 bits per heavy atom. The molecule has 2 atom stereocenters. The van der Waals surface area contributed by atoms with Gasteiger partial charge in [0.1, 0.15) is 0 Å². The van der Waals surface area contributed by atoms with E-state index in [4.69, 9.17) is 0 Å². The van der Waals surface area contributed by atoms with Crippen LogP contribution in [0.5, 0.6) is 0 Å². The van der Waals surface area contributed by atoms with Crippen LogP contribution in [0.15, 0.2) is 0 Å². The van der Waals surface area contributed by atoms with E-state index in [9.17, 15) is 4.79 Å². The summed E-state index contributed by atoms with van der Waals surface area (Å²) in [5, 5.41) is 0. The highest BCUT2D eigenvalue weighted by molar-refractivity contribution is 7.98. The van der Waals surface area contributed by atoms with Crippen LogP contribution in [0.2, 0.25) is 0 Å². The lowest BCUT2D eigenvalue weighted by Gasteiger charge is -2.43. The van der Waals surface area contributed by atoms with Crippen LogP contribution in [-0.4, -0.2) is 102 Å². The van der Waals surface area contributed by atoms with Crippen molar-refractivity contribution in [2.75, 3.05) is 57.9 Å². The lowest BCUT2D eigenvalue weighted by molar-refractivity contribution is -0.127. The van der Waals surface area contributed by atoms with Gasteiger partial charge in [0.25, 0.3) is 0 Å². The number of nitrogens with zero attached hydrogens (tertiary/aromatic N) is 4. The second-order valence-electron chi connectivity index (χ2n) is 12.3. The van der Waals surface area contributed by atoms with Gasteiger partial charge in [-0.3, -0.25) is 4.79 Å². The molecule has 0 aromatic heterocycles. The number of piperidine rings is 2. The Balaban J connectivity index is 1.17. The Kier molecular flexibility index (Phi) is 8.40. The zero-order valence-corrected chi connectivity index (χ0v) is 23.0. The second kappa shape index (κ2) is 10.8. The van der Waals surface area contributed by atoms with Gasteiger partial charge in [0.15, 0.2) is 0 Å². The van der Waals surface area contributed by atoms with Gasteiger partial charge >= 0.3 is 0 Å². The average molecular weight is 479 g/mol. The summed E-state index contributed by atoms with van der Waals surface area (Å²) < 4.78 is 0. The van der Waals surface area contributed by atoms with Crippen molar-refractivity contribution in [2.45, 2.75) is 97.2 Å². The third kappa shape index (κ3) is 5.92. The molecule has 4 saturated heterocycles. The molecule has 0 aliphatic carbocycles. The van der Waals surface area contributed by atoms with Crippen LogP contribution in [-0.2, 0) is 4.79 Å². The molecule has 0 N–H and O–H groups in total. The Labute approximate surface area is 208 Å². The predicted molar refractivity (Wildman–Crippen MR) is 141 cm³/mol. The number of likely N-dealkylation sites (tertiary alicyclic amines) is 4. The molecule has 0 radical (unpaired) electrons. The highest BCUT2D eigenvalue weighted by atomic mass is 32.2. The number of hydrogen-bond acceptors (Lipinski definition) is 5. The Morgan fingerprint density at radius 1 is 0.758 bits per heavy atom. The van der Waals surface area contributed by atoms with Crippen LogP contribution in [0, 0.1) is 10.8 Å². The smallest absolute Gasteiger partial charge is 0.223 e. The van der Waals surface area contributed by atoms with E-state index in [0.717, 1.165) is 18.8 Å². The quantitative estimate of drug-likeness (QED) is 0.517. The Morgan fingerprint density at radius 2 is 1.24 bits per heavy atom. The van der Waals surface area contributed by atoms with Gasteiger partial charge in [-0.15, -0.1) is 11.8 Å². The van der Waals surface area contributed by atoms with Crippen LogP contribution < -0.4 is 0 Å². The van der Waals surface area contributed by atoms with Gasteiger partial charge in [-0.1, -0.05) is 0 Å². The zero-order valence-electron chi connectivity index (χ0n) is 22.2. The van der Waals surface area contributed by atoms with E-state index >= 15 is 0 Å². The lowest BCUT2D eigenvalue weighted by atomic mass is 9.77. The predicted octanol–water partition coefficient (Wildman–Crippen LogP) is 4.37. The molecule has 4 rings (SSSR count). The molecule has 0 aromatic carbocycles. The van der Waals surface area contributed by atoms with Gasteiger partial charge < -0.3 is 19.6 Å². The average Bonchev–Trinajstić information content (AvgIpc) is 3.34. The van der Waals surface area contributed by atoms with Gasteiger partial charge in [-0.25, -0.2) is 0 Å². The molecule has 1 amide bonds. The van der Waals surface area contributed by atoms with E-state index in [1.807, 2.05) is 0 Å². The fourth-order valence-corrected chi connectivity index (χ4v) is 7.68. The van der Waals surface area contributed by atoms with Gasteiger partial charge in [-0.2, -0.15) is 0 Å². The van der Waals surface area contributed by atoms with Gasteiger partial charge in [0.05, 0.1) is 5.88 Å². The molecule has 4 heterocycles. The molecular weight excluding hydrogens is 428 g/mol. The minimum atomic E-state index is 0.269. The Hall–Kier alpha value is -0.300. The van der Waals surface area contributed by atoms with Crippen molar-refractivity contribution in [2.24, 2.45) is 10.8 Å². The molecule has 0 aromatic rings. The summed E-state index contributed by atoms with van der Waals surface area (Å²) in [5.41, 5.74) is 0.885. The highest BCUT2D eigenvalue weighted by Gasteiger charge is 2.45. The largest absolute Gasteiger partial charge is 0.333 e. The fourth-order valence-electron chi connectivity index (χ4n) is 7.13. The molecule has 190 valence electrons. The molecule has 0 bridgehead atoms. The number of carbonyl (C=O) groups excluding carboxylic acids is 1. The summed E-state index contributed by atoms with van der Waals surface area (Å²) in [5.74, 6) is 1.25. The van der Waals surface area contributed by atoms with Crippen LogP contribution in [0.4, 0.5) is 0 Å². The van der Waals surface area contributed by atoms with Crippen LogP contribution in [0.1, 0.15) is 79.1 Å². The standard InChI is InChI=1S/C27H50N4OS/c1-22(2)30-17-10-26(19-30)8-13-28(14-9-26)23(3)6-7-24(4)29-15-11-27(12-16-29)18-25(32)31(20-27)21-33-5/h22-24H,6-21H2,1-5H3. The van der Waals surface area contributed by atoms with Crippen molar-refractivity contribution in [1.82, 2.24) is 19.6 Å². The third-order valence-electron chi connectivity index (χ3n) is 9.85. The second-order valence-corrected chi connectivity index (χ2v) is 13.2. The normalized spacial score (nSPS) is 28.4. The van der Waals surface area contributed by atoms with Crippen LogP contribution >= 0.6 is 11.8 Å². The number of amides is 1. The molecule has 2 spiro atoms. The molecule has 0 saturated carbocycles. The maximum atomic E-state index is 12.4. The number of rotatable bonds is 8. The van der Waals surface area contributed by atoms with Crippen molar-refractivity contribution in [3.8, 4) is 0 Å². The molecule has 4 aliphatic heterocycles. The monoisotopic (exact) mass is 478 g/mol. The van der Waals surface area contributed by atoms with Crippen molar-refractivity contribution < 1.29 is 4.79 Å². The summed E-state index contributed by atoms with van der Waals surface area (Å²) in [6.07, 6.45) is 12.1. The third-order valence-corrected chi connectivity index (χ3v) is 10.4. The van der Waals surface area contributed by atoms with Gasteiger partial charge in [0.2, 0.25) is 5.91 Å². The van der Waals surface area contributed by atoms with E-state index in [-0.39, 0.29) is 5.41 Å². The van der Waals surface area contributed by atoms with E-state index in [1.54, 1.807) is 11.8 Å². The molecule has 33 heavy (non-hydrogen) atoms. The summed E-state index contributed by atoms with van der Waals surface area (Å²) >= 11 is 1.77.